The Bertz CT molecular complexity index is 1460. The van der Waals surface area contributed by atoms with Crippen molar-refractivity contribution in [3.8, 4) is 11.4 Å². The number of carbonyl (C=O) groups is 1. The number of urea groups is 1. The largest absolute Gasteiger partial charge is 0.334 e. The van der Waals surface area contributed by atoms with E-state index in [4.69, 9.17) is 4.52 Å². The fourth-order valence-electron chi connectivity index (χ4n) is 4.19. The van der Waals surface area contributed by atoms with Crippen LogP contribution in [0.5, 0.6) is 0 Å². The Morgan fingerprint density at radius 3 is 2.46 bits per heavy atom. The number of anilines is 1. The number of nitrogens with zero attached hydrogens (tertiary/aromatic N) is 3. The van der Waals surface area contributed by atoms with Crippen LogP contribution in [0, 0.1) is 25.5 Å². The van der Waals surface area contributed by atoms with Crippen LogP contribution in [0.3, 0.4) is 0 Å². The first kappa shape index (κ1) is 22.5. The molecule has 1 atom stereocenters. The van der Waals surface area contributed by atoms with Crippen LogP contribution in [0.25, 0.3) is 17.0 Å². The standard InChI is InChI=1S/C27H22F2N4O2/c1-15-7-9-18(10-8-15)25-31-26(35-32-25)23-17(3)33(21-11-12-22(29)16(2)13-21)27(34)30-24(23)19-5-4-6-20(28)14-19/h4-14,24H,1-3H3,(H,30,34). The third kappa shape index (κ3) is 4.19. The van der Waals surface area contributed by atoms with Crippen molar-refractivity contribution in [2.45, 2.75) is 26.8 Å². The van der Waals surface area contributed by atoms with Gasteiger partial charge in [0.1, 0.15) is 11.6 Å². The normalized spacial score (nSPS) is 16.0. The first-order valence-electron chi connectivity index (χ1n) is 11.1. The summed E-state index contributed by atoms with van der Waals surface area (Å²) < 4.78 is 33.7. The van der Waals surface area contributed by atoms with E-state index in [0.717, 1.165) is 11.1 Å². The fraction of sp³-hybridized carbons (Fsp3) is 0.148. The summed E-state index contributed by atoms with van der Waals surface area (Å²) in [5.74, 6) is -0.225. The van der Waals surface area contributed by atoms with E-state index in [1.54, 1.807) is 32.0 Å². The van der Waals surface area contributed by atoms with Gasteiger partial charge in [0.05, 0.1) is 17.3 Å². The van der Waals surface area contributed by atoms with Crippen molar-refractivity contribution in [3.05, 3.63) is 107 Å². The molecule has 0 fully saturated rings. The molecular weight excluding hydrogens is 450 g/mol. The van der Waals surface area contributed by atoms with Crippen LogP contribution in [0.15, 0.2) is 77.0 Å². The number of halogens is 2. The average molecular weight is 472 g/mol. The molecule has 6 nitrogen and oxygen atoms in total. The lowest BCUT2D eigenvalue weighted by Gasteiger charge is -2.35. The van der Waals surface area contributed by atoms with Gasteiger partial charge in [0, 0.05) is 11.3 Å². The molecule has 2 amide bonds. The van der Waals surface area contributed by atoms with E-state index in [1.807, 2.05) is 31.2 Å². The number of aromatic nitrogens is 2. The molecule has 2 heterocycles. The minimum atomic E-state index is -0.734. The van der Waals surface area contributed by atoms with Crippen molar-refractivity contribution in [2.24, 2.45) is 0 Å². The number of rotatable bonds is 4. The molecule has 0 bridgehead atoms. The van der Waals surface area contributed by atoms with Gasteiger partial charge in [-0.2, -0.15) is 4.98 Å². The molecule has 8 heteroatoms. The summed E-state index contributed by atoms with van der Waals surface area (Å²) in [5, 5.41) is 7.06. The Balaban J connectivity index is 1.66. The molecule has 1 unspecified atom stereocenters. The smallest absolute Gasteiger partial charge is 0.326 e. The van der Waals surface area contributed by atoms with Crippen molar-refractivity contribution < 1.29 is 18.1 Å². The van der Waals surface area contributed by atoms with Crippen molar-refractivity contribution in [1.29, 1.82) is 0 Å². The number of nitrogens with one attached hydrogen (secondary N) is 1. The molecule has 0 spiro atoms. The van der Waals surface area contributed by atoms with Gasteiger partial charge < -0.3 is 9.84 Å². The summed E-state index contributed by atoms with van der Waals surface area (Å²) in [6.07, 6.45) is 0. The highest BCUT2D eigenvalue weighted by Gasteiger charge is 2.36. The van der Waals surface area contributed by atoms with Gasteiger partial charge in [0.15, 0.2) is 0 Å². The maximum absolute atomic E-state index is 14.1. The minimum Gasteiger partial charge on any atom is -0.334 e. The first-order valence-corrected chi connectivity index (χ1v) is 11.1. The quantitative estimate of drug-likeness (QED) is 0.377. The SMILES string of the molecule is CC1=C(c2nc(-c3ccc(C)cc3)no2)C(c2cccc(F)c2)NC(=O)N1c1ccc(F)c(C)c1. The maximum atomic E-state index is 14.1. The molecule has 1 aromatic heterocycles. The second kappa shape index (κ2) is 8.79. The predicted molar refractivity (Wildman–Crippen MR) is 128 cm³/mol. The topological polar surface area (TPSA) is 71.3 Å². The summed E-state index contributed by atoms with van der Waals surface area (Å²) >= 11 is 0. The maximum Gasteiger partial charge on any atom is 0.326 e. The molecule has 0 aliphatic carbocycles. The Kier molecular flexibility index (Phi) is 5.64. The molecule has 176 valence electrons. The van der Waals surface area contributed by atoms with Crippen molar-refractivity contribution in [3.63, 3.8) is 0 Å². The molecule has 0 saturated carbocycles. The summed E-state index contributed by atoms with van der Waals surface area (Å²) in [7, 11) is 0. The highest BCUT2D eigenvalue weighted by molar-refractivity contribution is 6.01. The molecule has 3 aromatic carbocycles. The van der Waals surface area contributed by atoms with Crippen molar-refractivity contribution in [1.82, 2.24) is 15.5 Å². The molecule has 0 radical (unpaired) electrons. The van der Waals surface area contributed by atoms with Gasteiger partial charge in [-0.05, 0) is 62.2 Å². The zero-order valence-electron chi connectivity index (χ0n) is 19.3. The molecule has 0 saturated heterocycles. The summed E-state index contributed by atoms with van der Waals surface area (Å²) in [4.78, 5) is 19.3. The summed E-state index contributed by atoms with van der Waals surface area (Å²) in [6.45, 7) is 5.36. The van der Waals surface area contributed by atoms with E-state index in [9.17, 15) is 13.6 Å². The molecular formula is C27H22F2N4O2. The van der Waals surface area contributed by atoms with Crippen LogP contribution in [0.1, 0.15) is 35.5 Å². The molecule has 4 aromatic rings. The number of aryl methyl sites for hydroxylation is 2. The lowest BCUT2D eigenvalue weighted by Crippen LogP contribution is -2.46. The molecule has 5 rings (SSSR count). The zero-order chi connectivity index (χ0) is 24.7. The van der Waals surface area contributed by atoms with Crippen LogP contribution >= 0.6 is 0 Å². The highest BCUT2D eigenvalue weighted by atomic mass is 19.1. The first-order chi connectivity index (χ1) is 16.8. The average Bonchev–Trinajstić information content (AvgIpc) is 3.31. The van der Waals surface area contributed by atoms with Crippen molar-refractivity contribution in [2.75, 3.05) is 4.90 Å². The van der Waals surface area contributed by atoms with E-state index >= 15 is 0 Å². The van der Waals surface area contributed by atoms with Crippen LogP contribution in [-0.4, -0.2) is 16.2 Å². The zero-order valence-corrected chi connectivity index (χ0v) is 19.3. The highest BCUT2D eigenvalue weighted by Crippen LogP contribution is 2.39. The predicted octanol–water partition coefficient (Wildman–Crippen LogP) is 6.33. The third-order valence-corrected chi connectivity index (χ3v) is 6.03. The van der Waals surface area contributed by atoms with Crippen LogP contribution in [-0.2, 0) is 0 Å². The number of hydrogen-bond acceptors (Lipinski definition) is 4. The van der Waals surface area contributed by atoms with Gasteiger partial charge in [-0.15, -0.1) is 0 Å². The Labute approximate surface area is 200 Å². The Morgan fingerprint density at radius 2 is 1.74 bits per heavy atom. The van der Waals surface area contributed by atoms with Gasteiger partial charge in [-0.3, -0.25) is 4.90 Å². The monoisotopic (exact) mass is 472 g/mol. The number of carbonyl (C=O) groups excluding carboxylic acids is 1. The Hall–Kier alpha value is -4.33. The van der Waals surface area contributed by atoms with Gasteiger partial charge in [-0.1, -0.05) is 47.1 Å². The van der Waals surface area contributed by atoms with Gasteiger partial charge in [0.2, 0.25) is 5.82 Å². The summed E-state index contributed by atoms with van der Waals surface area (Å²) in [6, 6.07) is 16.9. The Morgan fingerprint density at radius 1 is 0.971 bits per heavy atom. The lowest BCUT2D eigenvalue weighted by atomic mass is 9.94. The number of benzene rings is 3. The lowest BCUT2D eigenvalue weighted by molar-refractivity contribution is 0.244. The van der Waals surface area contributed by atoms with Gasteiger partial charge in [0.25, 0.3) is 5.89 Å². The van der Waals surface area contributed by atoms with E-state index < -0.39 is 17.9 Å². The second-order valence-corrected chi connectivity index (χ2v) is 8.49. The third-order valence-electron chi connectivity index (χ3n) is 6.03. The van der Waals surface area contributed by atoms with Crippen LogP contribution in [0.2, 0.25) is 0 Å². The molecule has 1 aliphatic rings. The molecule has 35 heavy (non-hydrogen) atoms. The number of amides is 2. The second-order valence-electron chi connectivity index (χ2n) is 8.49. The van der Waals surface area contributed by atoms with E-state index in [2.05, 4.69) is 15.5 Å². The van der Waals surface area contributed by atoms with E-state index in [0.29, 0.717) is 33.9 Å². The van der Waals surface area contributed by atoms with Gasteiger partial charge >= 0.3 is 6.03 Å². The van der Waals surface area contributed by atoms with E-state index in [-0.39, 0.29) is 11.7 Å². The minimum absolute atomic E-state index is 0.191. The molecule has 1 aliphatic heterocycles. The van der Waals surface area contributed by atoms with Crippen LogP contribution < -0.4 is 10.2 Å². The summed E-state index contributed by atoms with van der Waals surface area (Å²) in [5.41, 5.74) is 4.30. The van der Waals surface area contributed by atoms with Crippen molar-refractivity contribution >= 4 is 17.3 Å². The van der Waals surface area contributed by atoms with E-state index in [1.165, 1.54) is 29.2 Å². The number of allylic oxidation sites excluding steroid dienone is 1. The fourth-order valence-corrected chi connectivity index (χ4v) is 4.19. The molecule has 1 N–H and O–H groups in total. The van der Waals surface area contributed by atoms with Gasteiger partial charge in [-0.25, -0.2) is 13.6 Å². The number of hydrogen-bond donors (Lipinski definition) is 1. The van der Waals surface area contributed by atoms with Crippen LogP contribution in [0.4, 0.5) is 19.3 Å².